The van der Waals surface area contributed by atoms with Crippen LogP contribution in [0, 0.1) is 0 Å². The minimum atomic E-state index is -1.15. The smallest absolute Gasteiger partial charge is 0.326 e. The fraction of sp³-hybridized carbons (Fsp3) is 0.833. The highest BCUT2D eigenvalue weighted by atomic mass is 16.4. The molecule has 0 aromatic carbocycles. The zero-order chi connectivity index (χ0) is 14.3. The lowest BCUT2D eigenvalue weighted by atomic mass is 10.00. The van der Waals surface area contributed by atoms with Crippen LogP contribution in [0.3, 0.4) is 0 Å². The number of carboxylic acids is 1. The average Bonchev–Trinajstić information content (AvgIpc) is 2.39. The number of carbonyl (C=O) groups excluding carboxylic acids is 1. The van der Waals surface area contributed by atoms with Crippen molar-refractivity contribution >= 4 is 12.0 Å². The van der Waals surface area contributed by atoms with Crippen LogP contribution in [-0.2, 0) is 4.79 Å². The van der Waals surface area contributed by atoms with Crippen molar-refractivity contribution in [2.75, 3.05) is 19.8 Å². The molecule has 0 aliphatic carbocycles. The third-order valence-electron chi connectivity index (χ3n) is 3.36. The lowest BCUT2D eigenvalue weighted by Gasteiger charge is -2.36. The van der Waals surface area contributed by atoms with Crippen LogP contribution >= 0.6 is 0 Å². The number of amides is 2. The normalized spacial score (nSPS) is 20.9. The quantitative estimate of drug-likeness (QED) is 0.535. The molecule has 2 atom stereocenters. The van der Waals surface area contributed by atoms with Gasteiger partial charge in [0.15, 0.2) is 0 Å². The Morgan fingerprint density at radius 2 is 2.00 bits per heavy atom. The molecule has 0 aromatic heterocycles. The second-order valence-corrected chi connectivity index (χ2v) is 4.71. The van der Waals surface area contributed by atoms with Crippen LogP contribution in [0.25, 0.3) is 0 Å². The molecule has 7 nitrogen and oxygen atoms in total. The van der Waals surface area contributed by atoms with Gasteiger partial charge in [-0.25, -0.2) is 9.59 Å². The Morgan fingerprint density at radius 3 is 2.58 bits per heavy atom. The molecule has 0 bridgehead atoms. The maximum absolute atomic E-state index is 12.1. The van der Waals surface area contributed by atoms with Gasteiger partial charge in [0.05, 0.1) is 0 Å². The van der Waals surface area contributed by atoms with Crippen molar-refractivity contribution in [2.45, 2.75) is 44.2 Å². The van der Waals surface area contributed by atoms with Gasteiger partial charge in [0, 0.05) is 32.2 Å². The molecule has 1 rings (SSSR count). The number of aliphatic hydroxyl groups excluding tert-OH is 2. The van der Waals surface area contributed by atoms with Crippen molar-refractivity contribution in [3.63, 3.8) is 0 Å². The van der Waals surface area contributed by atoms with Crippen LogP contribution < -0.4 is 5.32 Å². The third-order valence-corrected chi connectivity index (χ3v) is 3.36. The number of hydrogen-bond donors (Lipinski definition) is 4. The molecule has 2 amide bonds. The summed E-state index contributed by atoms with van der Waals surface area (Å²) >= 11 is 0. The van der Waals surface area contributed by atoms with Crippen LogP contribution in [0.15, 0.2) is 0 Å². The summed E-state index contributed by atoms with van der Waals surface area (Å²) in [6, 6.07) is -1.55. The van der Waals surface area contributed by atoms with E-state index in [9.17, 15) is 9.59 Å². The summed E-state index contributed by atoms with van der Waals surface area (Å²) in [6.07, 6.45) is 3.21. The van der Waals surface area contributed by atoms with Crippen molar-refractivity contribution in [2.24, 2.45) is 0 Å². The molecule has 1 heterocycles. The summed E-state index contributed by atoms with van der Waals surface area (Å²) in [5.74, 6) is -1.15. The SMILES string of the molecule is O=C(O)[C@@H](CCO)NC(=O)N1CCCCC1CCO. The van der Waals surface area contributed by atoms with Crippen molar-refractivity contribution in [1.29, 1.82) is 0 Å². The molecule has 7 heteroatoms. The molecule has 1 aliphatic rings. The highest BCUT2D eigenvalue weighted by molar-refractivity contribution is 5.82. The number of likely N-dealkylation sites (tertiary alicyclic amines) is 1. The Balaban J connectivity index is 2.60. The molecule has 110 valence electrons. The number of aliphatic hydroxyl groups is 2. The highest BCUT2D eigenvalue weighted by Crippen LogP contribution is 2.19. The molecule has 0 aromatic rings. The van der Waals surface area contributed by atoms with Crippen molar-refractivity contribution in [3.05, 3.63) is 0 Å². The standard InChI is InChI=1S/C12H22N2O5/c15-7-4-9-3-1-2-6-14(9)12(19)13-10(5-8-16)11(17)18/h9-10,15-16H,1-8H2,(H,13,19)(H,17,18)/t9?,10-/m1/s1. The van der Waals surface area contributed by atoms with E-state index >= 15 is 0 Å². The van der Waals surface area contributed by atoms with Crippen molar-refractivity contribution < 1.29 is 24.9 Å². The predicted molar refractivity (Wildman–Crippen MR) is 67.7 cm³/mol. The fourth-order valence-electron chi connectivity index (χ4n) is 2.34. The summed E-state index contributed by atoms with van der Waals surface area (Å²) in [4.78, 5) is 24.6. The highest BCUT2D eigenvalue weighted by Gasteiger charge is 2.29. The van der Waals surface area contributed by atoms with Gasteiger partial charge < -0.3 is 25.5 Å². The summed E-state index contributed by atoms with van der Waals surface area (Å²) in [6.45, 7) is 0.284. The molecule has 19 heavy (non-hydrogen) atoms. The first-order valence-electron chi connectivity index (χ1n) is 6.61. The fourth-order valence-corrected chi connectivity index (χ4v) is 2.34. The Kier molecular flexibility index (Phi) is 6.58. The molecule has 0 spiro atoms. The first-order valence-corrected chi connectivity index (χ1v) is 6.61. The number of aliphatic carboxylic acids is 1. The first-order chi connectivity index (χ1) is 9.10. The monoisotopic (exact) mass is 274 g/mol. The van der Waals surface area contributed by atoms with E-state index in [1.807, 2.05) is 0 Å². The minimum absolute atomic E-state index is 0.00739. The Labute approximate surface area is 112 Å². The number of nitrogens with one attached hydrogen (secondary N) is 1. The number of piperidine rings is 1. The molecule has 1 aliphatic heterocycles. The average molecular weight is 274 g/mol. The molecule has 0 saturated carbocycles. The second-order valence-electron chi connectivity index (χ2n) is 4.71. The Morgan fingerprint density at radius 1 is 1.26 bits per heavy atom. The molecular weight excluding hydrogens is 252 g/mol. The van der Waals surface area contributed by atoms with Gasteiger partial charge in [-0.15, -0.1) is 0 Å². The van der Waals surface area contributed by atoms with Gasteiger partial charge in [-0.2, -0.15) is 0 Å². The van der Waals surface area contributed by atoms with E-state index in [-0.39, 0.29) is 25.7 Å². The van der Waals surface area contributed by atoms with Gasteiger partial charge in [0.25, 0.3) is 0 Å². The summed E-state index contributed by atoms with van der Waals surface area (Å²) in [7, 11) is 0. The van der Waals surface area contributed by atoms with E-state index in [0.717, 1.165) is 19.3 Å². The van der Waals surface area contributed by atoms with Gasteiger partial charge in [-0.05, 0) is 25.7 Å². The van der Waals surface area contributed by atoms with Crippen LogP contribution in [0.2, 0.25) is 0 Å². The minimum Gasteiger partial charge on any atom is -0.480 e. The van der Waals surface area contributed by atoms with Crippen molar-refractivity contribution in [3.8, 4) is 0 Å². The molecule has 1 saturated heterocycles. The maximum Gasteiger partial charge on any atom is 0.326 e. The van der Waals surface area contributed by atoms with Crippen LogP contribution in [0.5, 0.6) is 0 Å². The van der Waals surface area contributed by atoms with Crippen LogP contribution in [0.4, 0.5) is 4.79 Å². The van der Waals surface area contributed by atoms with E-state index < -0.39 is 18.0 Å². The molecule has 4 N–H and O–H groups in total. The van der Waals surface area contributed by atoms with E-state index in [4.69, 9.17) is 15.3 Å². The van der Waals surface area contributed by atoms with Gasteiger partial charge in [0.2, 0.25) is 0 Å². The number of urea groups is 1. The topological polar surface area (TPSA) is 110 Å². The summed E-state index contributed by atoms with van der Waals surface area (Å²) in [5.41, 5.74) is 0. The Hall–Kier alpha value is -1.34. The number of rotatable bonds is 6. The van der Waals surface area contributed by atoms with Gasteiger partial charge in [0.1, 0.15) is 6.04 Å². The summed E-state index contributed by atoms with van der Waals surface area (Å²) in [5, 5.41) is 29.1. The molecule has 1 fully saturated rings. The van der Waals surface area contributed by atoms with E-state index in [2.05, 4.69) is 5.32 Å². The van der Waals surface area contributed by atoms with E-state index in [1.165, 1.54) is 0 Å². The molecular formula is C12H22N2O5. The maximum atomic E-state index is 12.1. The number of carbonyl (C=O) groups is 2. The van der Waals surface area contributed by atoms with Gasteiger partial charge in [-0.3, -0.25) is 0 Å². The van der Waals surface area contributed by atoms with Crippen molar-refractivity contribution in [1.82, 2.24) is 10.2 Å². The predicted octanol–water partition coefficient (Wildman–Crippen LogP) is -0.231. The molecule has 1 unspecified atom stereocenters. The second kappa shape index (κ2) is 7.96. The van der Waals surface area contributed by atoms with Crippen LogP contribution in [-0.4, -0.2) is 64.1 Å². The number of hydrogen-bond acceptors (Lipinski definition) is 4. The number of nitrogens with zero attached hydrogens (tertiary/aromatic N) is 1. The van der Waals surface area contributed by atoms with Gasteiger partial charge >= 0.3 is 12.0 Å². The largest absolute Gasteiger partial charge is 0.480 e. The zero-order valence-corrected chi connectivity index (χ0v) is 10.9. The zero-order valence-electron chi connectivity index (χ0n) is 10.9. The first kappa shape index (κ1) is 15.7. The molecule has 0 radical (unpaired) electrons. The number of carboxylic acid groups (broad SMARTS) is 1. The van der Waals surface area contributed by atoms with Gasteiger partial charge in [-0.1, -0.05) is 0 Å². The Bertz CT molecular complexity index is 308. The van der Waals surface area contributed by atoms with E-state index in [0.29, 0.717) is 13.0 Å². The lowest BCUT2D eigenvalue weighted by molar-refractivity contribution is -0.139. The van der Waals surface area contributed by atoms with Crippen LogP contribution in [0.1, 0.15) is 32.1 Å². The summed E-state index contributed by atoms with van der Waals surface area (Å²) < 4.78 is 0. The van der Waals surface area contributed by atoms with E-state index in [1.54, 1.807) is 4.90 Å². The lowest BCUT2D eigenvalue weighted by Crippen LogP contribution is -2.53. The third kappa shape index (κ3) is 4.68.